The second-order valence-electron chi connectivity index (χ2n) is 6.67. The zero-order valence-corrected chi connectivity index (χ0v) is 16.4. The molecule has 8 N–H and O–H groups in total. The SMILES string of the molecule is CC(O)CC(=O)N(CC(=O)N[C@@H](CCC(=O)O)C(=O)O)C(CCCCN)C(N)=O. The number of aliphatic carboxylic acids is 2. The number of carbonyl (C=O) groups excluding carboxylic acids is 3. The number of rotatable bonds is 15. The first-order valence-corrected chi connectivity index (χ1v) is 9.20. The van der Waals surface area contributed by atoms with Gasteiger partial charge in [-0.2, -0.15) is 0 Å². The van der Waals surface area contributed by atoms with E-state index in [2.05, 4.69) is 5.32 Å². The van der Waals surface area contributed by atoms with Crippen molar-refractivity contribution < 1.29 is 39.3 Å². The first kappa shape index (κ1) is 26.3. The van der Waals surface area contributed by atoms with E-state index in [0.717, 1.165) is 4.90 Å². The average molecular weight is 418 g/mol. The number of hydrogen-bond acceptors (Lipinski definition) is 7. The summed E-state index contributed by atoms with van der Waals surface area (Å²) in [4.78, 5) is 59.4. The predicted octanol–water partition coefficient (Wildman–Crippen LogP) is -2.00. The highest BCUT2D eigenvalue weighted by molar-refractivity contribution is 5.91. The van der Waals surface area contributed by atoms with Gasteiger partial charge in [-0.25, -0.2) is 4.79 Å². The number of carbonyl (C=O) groups is 5. The van der Waals surface area contributed by atoms with E-state index in [9.17, 15) is 29.1 Å². The standard InChI is InChI=1S/C17H30N4O8/c1-10(22)8-14(24)21(12(16(19)27)4-2-3-7-18)9-13(23)20-11(17(28)29)5-6-15(25)26/h10-12,22H,2-9,18H2,1H3,(H2,19,27)(H,20,23)(H,25,26)(H,28,29)/t10?,11-,12?/m0/s1. The van der Waals surface area contributed by atoms with Crippen LogP contribution in [0.2, 0.25) is 0 Å². The molecule has 12 heteroatoms. The zero-order valence-electron chi connectivity index (χ0n) is 16.4. The van der Waals surface area contributed by atoms with E-state index < -0.39 is 60.8 Å². The van der Waals surface area contributed by atoms with Crippen LogP contribution < -0.4 is 16.8 Å². The molecule has 0 aromatic heterocycles. The molecular weight excluding hydrogens is 388 g/mol. The maximum absolute atomic E-state index is 12.5. The van der Waals surface area contributed by atoms with E-state index in [1.807, 2.05) is 0 Å². The number of nitrogens with two attached hydrogens (primary N) is 2. The summed E-state index contributed by atoms with van der Waals surface area (Å²) in [7, 11) is 0. The van der Waals surface area contributed by atoms with E-state index in [1.165, 1.54) is 6.92 Å². The van der Waals surface area contributed by atoms with Crippen molar-refractivity contribution in [2.45, 2.75) is 63.6 Å². The number of aliphatic hydroxyl groups is 1. The van der Waals surface area contributed by atoms with Crippen LogP contribution in [-0.2, 0) is 24.0 Å². The molecule has 0 saturated heterocycles. The molecule has 0 aliphatic rings. The molecule has 0 aliphatic heterocycles. The highest BCUT2D eigenvalue weighted by Crippen LogP contribution is 2.12. The molecule has 3 atom stereocenters. The van der Waals surface area contributed by atoms with Gasteiger partial charge >= 0.3 is 11.9 Å². The van der Waals surface area contributed by atoms with Gasteiger partial charge in [0, 0.05) is 6.42 Å². The second-order valence-corrected chi connectivity index (χ2v) is 6.67. The van der Waals surface area contributed by atoms with Gasteiger partial charge in [-0.3, -0.25) is 19.2 Å². The van der Waals surface area contributed by atoms with Gasteiger partial charge in [-0.15, -0.1) is 0 Å². The Morgan fingerprint density at radius 3 is 2.14 bits per heavy atom. The summed E-state index contributed by atoms with van der Waals surface area (Å²) in [6, 6.07) is -2.61. The lowest BCUT2D eigenvalue weighted by Crippen LogP contribution is -2.53. The summed E-state index contributed by atoms with van der Waals surface area (Å²) >= 11 is 0. The quantitative estimate of drug-likeness (QED) is 0.162. The first-order chi connectivity index (χ1) is 13.5. The largest absolute Gasteiger partial charge is 0.481 e. The predicted molar refractivity (Wildman–Crippen MR) is 100 cm³/mol. The lowest BCUT2D eigenvalue weighted by atomic mass is 10.1. The number of unbranched alkanes of at least 4 members (excludes halogenated alkanes) is 1. The molecule has 0 radical (unpaired) electrons. The molecule has 166 valence electrons. The van der Waals surface area contributed by atoms with Crippen molar-refractivity contribution in [3.05, 3.63) is 0 Å². The molecule has 2 unspecified atom stereocenters. The lowest BCUT2D eigenvalue weighted by molar-refractivity contribution is -0.146. The number of nitrogens with one attached hydrogen (secondary N) is 1. The fourth-order valence-electron chi connectivity index (χ4n) is 2.60. The topological polar surface area (TPSA) is 213 Å². The number of amides is 3. The maximum atomic E-state index is 12.5. The average Bonchev–Trinajstić information content (AvgIpc) is 2.59. The summed E-state index contributed by atoms with van der Waals surface area (Å²) in [5.41, 5.74) is 10.8. The molecular formula is C17H30N4O8. The summed E-state index contributed by atoms with van der Waals surface area (Å²) in [5.74, 6) is -5.12. The normalized spacial score (nSPS) is 13.8. The van der Waals surface area contributed by atoms with Gasteiger partial charge in [0.2, 0.25) is 17.7 Å². The monoisotopic (exact) mass is 418 g/mol. The Morgan fingerprint density at radius 2 is 1.69 bits per heavy atom. The van der Waals surface area contributed by atoms with Crippen molar-refractivity contribution in [1.29, 1.82) is 0 Å². The number of primary amides is 1. The van der Waals surface area contributed by atoms with Crippen LogP contribution in [0.15, 0.2) is 0 Å². The zero-order chi connectivity index (χ0) is 22.6. The maximum Gasteiger partial charge on any atom is 0.326 e. The summed E-state index contributed by atoms with van der Waals surface area (Å²) in [6.45, 7) is 1.05. The molecule has 12 nitrogen and oxygen atoms in total. The van der Waals surface area contributed by atoms with E-state index in [4.69, 9.17) is 21.7 Å². The Bertz CT molecular complexity index is 596. The number of nitrogens with zero attached hydrogens (tertiary/aromatic N) is 1. The van der Waals surface area contributed by atoms with E-state index in [0.29, 0.717) is 19.4 Å². The Kier molecular flexibility index (Phi) is 12.2. The van der Waals surface area contributed by atoms with E-state index in [-0.39, 0.29) is 19.3 Å². The lowest BCUT2D eigenvalue weighted by Gasteiger charge is -2.30. The minimum atomic E-state index is -1.48. The van der Waals surface area contributed by atoms with Crippen LogP contribution in [0.25, 0.3) is 0 Å². The summed E-state index contributed by atoms with van der Waals surface area (Å²) in [5, 5.41) is 29.4. The Balaban J connectivity index is 5.36. The van der Waals surface area contributed by atoms with Crippen LogP contribution >= 0.6 is 0 Å². The fourth-order valence-corrected chi connectivity index (χ4v) is 2.60. The number of hydrogen-bond donors (Lipinski definition) is 6. The Labute approximate surface area is 168 Å². The highest BCUT2D eigenvalue weighted by atomic mass is 16.4. The molecule has 0 heterocycles. The van der Waals surface area contributed by atoms with Gasteiger partial charge in [-0.05, 0) is 39.2 Å². The molecule has 29 heavy (non-hydrogen) atoms. The van der Waals surface area contributed by atoms with Gasteiger partial charge < -0.3 is 37.0 Å². The van der Waals surface area contributed by atoms with Crippen LogP contribution in [0, 0.1) is 0 Å². The molecule has 0 fully saturated rings. The van der Waals surface area contributed by atoms with Crippen molar-refractivity contribution in [2.75, 3.05) is 13.1 Å². The fraction of sp³-hybridized carbons (Fsp3) is 0.706. The molecule has 0 spiro atoms. The van der Waals surface area contributed by atoms with Gasteiger partial charge in [-0.1, -0.05) is 0 Å². The Morgan fingerprint density at radius 1 is 1.07 bits per heavy atom. The highest BCUT2D eigenvalue weighted by Gasteiger charge is 2.31. The van der Waals surface area contributed by atoms with Crippen molar-refractivity contribution in [2.24, 2.45) is 11.5 Å². The minimum absolute atomic E-state index is 0.146. The van der Waals surface area contributed by atoms with Crippen LogP contribution in [0.4, 0.5) is 0 Å². The summed E-state index contributed by atoms with van der Waals surface area (Å²) < 4.78 is 0. The number of aliphatic hydroxyl groups excluding tert-OH is 1. The third kappa shape index (κ3) is 11.0. The molecule has 0 aromatic rings. The molecule has 0 aliphatic carbocycles. The Hall–Kier alpha value is -2.73. The third-order valence-electron chi connectivity index (χ3n) is 4.02. The van der Waals surface area contributed by atoms with Crippen LogP contribution in [-0.4, -0.2) is 81.2 Å². The van der Waals surface area contributed by atoms with Crippen LogP contribution in [0.3, 0.4) is 0 Å². The van der Waals surface area contributed by atoms with Crippen molar-refractivity contribution in [3.8, 4) is 0 Å². The van der Waals surface area contributed by atoms with Crippen LogP contribution in [0.5, 0.6) is 0 Å². The van der Waals surface area contributed by atoms with Crippen molar-refractivity contribution in [3.63, 3.8) is 0 Å². The molecule has 0 rings (SSSR count). The first-order valence-electron chi connectivity index (χ1n) is 9.20. The van der Waals surface area contributed by atoms with Gasteiger partial charge in [0.1, 0.15) is 18.6 Å². The number of carboxylic acids is 2. The molecule has 0 aromatic carbocycles. The van der Waals surface area contributed by atoms with Gasteiger partial charge in [0.05, 0.1) is 12.5 Å². The van der Waals surface area contributed by atoms with Gasteiger partial charge in [0.15, 0.2) is 0 Å². The third-order valence-corrected chi connectivity index (χ3v) is 4.02. The molecule has 0 saturated carbocycles. The summed E-state index contributed by atoms with van der Waals surface area (Å²) in [6.07, 6.45) is -1.07. The van der Waals surface area contributed by atoms with Crippen molar-refractivity contribution in [1.82, 2.24) is 10.2 Å². The minimum Gasteiger partial charge on any atom is -0.481 e. The molecule has 3 amide bonds. The second kappa shape index (κ2) is 13.4. The smallest absolute Gasteiger partial charge is 0.326 e. The van der Waals surface area contributed by atoms with Gasteiger partial charge in [0.25, 0.3) is 0 Å². The van der Waals surface area contributed by atoms with Crippen molar-refractivity contribution >= 4 is 29.7 Å². The molecule has 0 bridgehead atoms. The number of carboxylic acid groups (broad SMARTS) is 2. The van der Waals surface area contributed by atoms with E-state index in [1.54, 1.807) is 0 Å². The van der Waals surface area contributed by atoms with Crippen LogP contribution in [0.1, 0.15) is 45.4 Å². The van der Waals surface area contributed by atoms with E-state index >= 15 is 0 Å².